The molecule has 7 nitrogen and oxygen atoms in total. The topological polar surface area (TPSA) is 77.6 Å². The highest BCUT2D eigenvalue weighted by atomic mass is 35.5. The number of hydrogen-bond donors (Lipinski definition) is 1. The summed E-state index contributed by atoms with van der Waals surface area (Å²) in [6, 6.07) is 17.3. The van der Waals surface area contributed by atoms with Gasteiger partial charge in [0.1, 0.15) is 17.5 Å². The number of hydrogen-bond acceptors (Lipinski definition) is 5. The smallest absolute Gasteiger partial charge is 0.265 e. The highest BCUT2D eigenvalue weighted by molar-refractivity contribution is 7.20. The number of anilines is 1. The Morgan fingerprint density at radius 1 is 1.12 bits per heavy atom. The zero-order valence-electron chi connectivity index (χ0n) is 17.2. The normalized spacial score (nSPS) is 11.2. The molecule has 2 aromatic carbocycles. The molecule has 5 aromatic rings. The van der Waals surface area contributed by atoms with E-state index in [1.54, 1.807) is 11.0 Å². The van der Waals surface area contributed by atoms with Crippen LogP contribution in [0.1, 0.15) is 26.5 Å². The number of fused-ring (bicyclic) bond motifs is 1. The zero-order valence-corrected chi connectivity index (χ0v) is 18.8. The Kier molecular flexibility index (Phi) is 5.46. The Morgan fingerprint density at radius 2 is 2.00 bits per heavy atom. The third-order valence-electron chi connectivity index (χ3n) is 5.11. The molecule has 0 aliphatic heterocycles. The van der Waals surface area contributed by atoms with E-state index in [0.29, 0.717) is 23.0 Å². The first kappa shape index (κ1) is 20.4. The third kappa shape index (κ3) is 4.15. The lowest BCUT2D eigenvalue weighted by molar-refractivity contribution is 0.103. The maximum absolute atomic E-state index is 13.0. The number of carbonyl (C=O) groups is 1. The van der Waals surface area contributed by atoms with Gasteiger partial charge in [0.2, 0.25) is 0 Å². The lowest BCUT2D eigenvalue weighted by atomic mass is 10.2. The van der Waals surface area contributed by atoms with Crippen molar-refractivity contribution < 1.29 is 4.79 Å². The summed E-state index contributed by atoms with van der Waals surface area (Å²) in [5.41, 5.74) is 3.63. The Balaban J connectivity index is 1.37. The molecule has 3 aromatic heterocycles. The van der Waals surface area contributed by atoms with Crippen molar-refractivity contribution >= 4 is 44.7 Å². The molecule has 0 saturated carbocycles. The monoisotopic (exact) mass is 462 g/mol. The molecule has 0 spiro atoms. The number of thiophene rings is 1. The van der Waals surface area contributed by atoms with E-state index >= 15 is 0 Å². The molecule has 5 rings (SSSR count). The van der Waals surface area contributed by atoms with Gasteiger partial charge in [-0.1, -0.05) is 41.9 Å². The van der Waals surface area contributed by atoms with Crippen molar-refractivity contribution in [3.8, 4) is 0 Å². The van der Waals surface area contributed by atoms with Crippen molar-refractivity contribution in [2.24, 2.45) is 0 Å². The number of rotatable bonds is 6. The summed E-state index contributed by atoms with van der Waals surface area (Å²) in [6.45, 7) is 3.09. The van der Waals surface area contributed by atoms with Gasteiger partial charge in [0.15, 0.2) is 0 Å². The quantitative estimate of drug-likeness (QED) is 0.385. The fourth-order valence-corrected chi connectivity index (χ4v) is 4.81. The van der Waals surface area contributed by atoms with Gasteiger partial charge >= 0.3 is 0 Å². The fourth-order valence-electron chi connectivity index (χ4n) is 3.56. The van der Waals surface area contributed by atoms with Crippen molar-refractivity contribution in [3.05, 3.63) is 94.0 Å². The average Bonchev–Trinajstić information content (AvgIpc) is 3.50. The molecule has 160 valence electrons. The van der Waals surface area contributed by atoms with Crippen LogP contribution in [0.5, 0.6) is 0 Å². The van der Waals surface area contributed by atoms with Crippen LogP contribution < -0.4 is 5.32 Å². The first-order valence-electron chi connectivity index (χ1n) is 10.00. The standard InChI is InChI=1S/C23H19ClN6OS/c1-15-19-10-21(32-23(19)30(28-15)12-17-6-2-3-8-20(17)24)22(31)27-18-7-4-5-16(9-18)11-29-14-25-13-26-29/h2-10,13-14H,11-12H2,1H3,(H,27,31). The van der Waals surface area contributed by atoms with Crippen LogP contribution in [0.2, 0.25) is 5.02 Å². The molecule has 0 bridgehead atoms. The number of nitrogens with one attached hydrogen (secondary N) is 1. The lowest BCUT2D eigenvalue weighted by Gasteiger charge is -2.07. The minimum Gasteiger partial charge on any atom is -0.321 e. The molecular formula is C23H19ClN6OS. The van der Waals surface area contributed by atoms with Crippen LogP contribution in [-0.4, -0.2) is 30.5 Å². The summed E-state index contributed by atoms with van der Waals surface area (Å²) in [6.07, 6.45) is 3.17. The van der Waals surface area contributed by atoms with E-state index < -0.39 is 0 Å². The molecule has 0 radical (unpaired) electrons. The van der Waals surface area contributed by atoms with Crippen LogP contribution >= 0.6 is 22.9 Å². The highest BCUT2D eigenvalue weighted by Crippen LogP contribution is 2.30. The van der Waals surface area contributed by atoms with Gasteiger partial charge in [0.25, 0.3) is 5.91 Å². The zero-order chi connectivity index (χ0) is 22.1. The number of halogens is 1. The maximum atomic E-state index is 13.0. The van der Waals surface area contributed by atoms with Crippen molar-refractivity contribution in [1.82, 2.24) is 24.5 Å². The lowest BCUT2D eigenvalue weighted by Crippen LogP contribution is -2.10. The molecule has 0 aliphatic rings. The predicted octanol–water partition coefficient (Wildman–Crippen LogP) is 5.00. The van der Waals surface area contributed by atoms with Crippen molar-refractivity contribution in [3.63, 3.8) is 0 Å². The second-order valence-corrected chi connectivity index (χ2v) is 8.85. The van der Waals surface area contributed by atoms with Crippen LogP contribution in [0.4, 0.5) is 5.69 Å². The average molecular weight is 463 g/mol. The van der Waals surface area contributed by atoms with Crippen molar-refractivity contribution in [2.75, 3.05) is 5.32 Å². The molecule has 9 heteroatoms. The number of aryl methyl sites for hydroxylation is 1. The maximum Gasteiger partial charge on any atom is 0.265 e. The van der Waals surface area contributed by atoms with Crippen LogP contribution in [0.25, 0.3) is 10.2 Å². The largest absolute Gasteiger partial charge is 0.321 e. The Labute approximate surface area is 193 Å². The summed E-state index contributed by atoms with van der Waals surface area (Å²) in [5, 5.41) is 13.4. The van der Waals surface area contributed by atoms with Crippen LogP contribution in [0.3, 0.4) is 0 Å². The number of nitrogens with zero attached hydrogens (tertiary/aromatic N) is 5. The molecule has 1 amide bonds. The van der Waals surface area contributed by atoms with E-state index in [1.807, 2.05) is 66.2 Å². The van der Waals surface area contributed by atoms with Gasteiger partial charge in [0.05, 0.1) is 23.7 Å². The summed E-state index contributed by atoms with van der Waals surface area (Å²) < 4.78 is 3.65. The van der Waals surface area contributed by atoms with E-state index in [-0.39, 0.29) is 5.91 Å². The highest BCUT2D eigenvalue weighted by Gasteiger charge is 2.17. The number of amides is 1. The van der Waals surface area contributed by atoms with Gasteiger partial charge in [-0.2, -0.15) is 10.2 Å². The molecular weight excluding hydrogens is 444 g/mol. The van der Waals surface area contributed by atoms with Gasteiger partial charge in [-0.25, -0.2) is 9.67 Å². The van der Waals surface area contributed by atoms with Gasteiger partial charge in [-0.05, 0) is 42.3 Å². The predicted molar refractivity (Wildman–Crippen MR) is 126 cm³/mol. The summed E-state index contributed by atoms with van der Waals surface area (Å²) >= 11 is 7.75. The van der Waals surface area contributed by atoms with Gasteiger partial charge < -0.3 is 5.32 Å². The molecule has 0 fully saturated rings. The Morgan fingerprint density at radius 3 is 2.81 bits per heavy atom. The van der Waals surface area contributed by atoms with E-state index in [4.69, 9.17) is 11.6 Å². The van der Waals surface area contributed by atoms with E-state index in [9.17, 15) is 4.79 Å². The molecule has 0 saturated heterocycles. The number of carbonyl (C=O) groups excluding carboxylic acids is 1. The van der Waals surface area contributed by atoms with Crippen molar-refractivity contribution in [2.45, 2.75) is 20.0 Å². The van der Waals surface area contributed by atoms with Crippen molar-refractivity contribution in [1.29, 1.82) is 0 Å². The van der Waals surface area contributed by atoms with E-state index in [2.05, 4.69) is 20.5 Å². The van der Waals surface area contributed by atoms with Gasteiger partial charge in [-0.3, -0.25) is 9.48 Å². The molecule has 0 atom stereocenters. The third-order valence-corrected chi connectivity index (χ3v) is 6.62. The second-order valence-electron chi connectivity index (χ2n) is 7.41. The summed E-state index contributed by atoms with van der Waals surface area (Å²) in [5.74, 6) is -0.146. The fraction of sp³-hybridized carbons (Fsp3) is 0.130. The van der Waals surface area contributed by atoms with E-state index in [0.717, 1.165) is 32.7 Å². The molecule has 3 heterocycles. The first-order chi connectivity index (χ1) is 15.6. The molecule has 0 aliphatic carbocycles. The Hall–Kier alpha value is -3.49. The van der Waals surface area contributed by atoms with Crippen LogP contribution in [0.15, 0.2) is 67.3 Å². The minimum atomic E-state index is -0.146. The SMILES string of the molecule is Cc1nn(Cc2ccccc2Cl)c2sc(C(=O)Nc3cccc(Cn4cncn4)c3)cc12. The van der Waals surface area contributed by atoms with Gasteiger partial charge in [-0.15, -0.1) is 11.3 Å². The minimum absolute atomic E-state index is 0.146. The van der Waals surface area contributed by atoms with Gasteiger partial charge in [0, 0.05) is 16.1 Å². The number of aromatic nitrogens is 5. The molecule has 1 N–H and O–H groups in total. The molecule has 32 heavy (non-hydrogen) atoms. The van der Waals surface area contributed by atoms with E-state index in [1.165, 1.54) is 17.7 Å². The van der Waals surface area contributed by atoms with Crippen LogP contribution in [0, 0.1) is 6.92 Å². The summed E-state index contributed by atoms with van der Waals surface area (Å²) in [7, 11) is 0. The van der Waals surface area contributed by atoms with Crippen LogP contribution in [-0.2, 0) is 13.1 Å². The first-order valence-corrected chi connectivity index (χ1v) is 11.2. The molecule has 0 unspecified atom stereocenters. The second kappa shape index (κ2) is 8.57. The Bertz CT molecular complexity index is 1410. The number of benzene rings is 2. The summed E-state index contributed by atoms with van der Waals surface area (Å²) in [4.78, 5) is 18.5.